The van der Waals surface area contributed by atoms with Crippen molar-refractivity contribution >= 4 is 6.09 Å². The number of nitrogens with one attached hydrogen (secondary N) is 1. The van der Waals surface area contributed by atoms with Crippen LogP contribution in [0, 0.1) is 0 Å². The highest BCUT2D eigenvalue weighted by molar-refractivity contribution is 5.70. The van der Waals surface area contributed by atoms with Gasteiger partial charge in [-0.15, -0.1) is 0 Å². The maximum Gasteiger partial charge on any atom is 0.412 e. The number of nitrogens with zero attached hydrogens (tertiary/aromatic N) is 1. The first-order valence-corrected chi connectivity index (χ1v) is 5.76. The molecule has 98 valence electrons. The van der Waals surface area contributed by atoms with Gasteiger partial charge in [-0.3, -0.25) is 4.98 Å². The van der Waals surface area contributed by atoms with Crippen molar-refractivity contribution < 1.29 is 14.3 Å². The van der Waals surface area contributed by atoms with E-state index < -0.39 is 6.09 Å². The minimum absolute atomic E-state index is 0.400. The summed E-state index contributed by atoms with van der Waals surface area (Å²) in [5.74, 6) is 1.18. The molecule has 2 rings (SSSR count). The van der Waals surface area contributed by atoms with Gasteiger partial charge in [-0.05, 0) is 42.0 Å². The van der Waals surface area contributed by atoms with Crippen LogP contribution in [0.5, 0.6) is 11.5 Å². The lowest BCUT2D eigenvalue weighted by Gasteiger charge is -2.07. The summed E-state index contributed by atoms with van der Waals surface area (Å²) >= 11 is 0. The van der Waals surface area contributed by atoms with Gasteiger partial charge in [0, 0.05) is 18.9 Å². The summed E-state index contributed by atoms with van der Waals surface area (Å²) in [5, 5.41) is 2.66. The summed E-state index contributed by atoms with van der Waals surface area (Å²) in [4.78, 5) is 15.5. The lowest BCUT2D eigenvalue weighted by atomic mass is 10.3. The maximum absolute atomic E-state index is 11.6. The highest BCUT2D eigenvalue weighted by Crippen LogP contribution is 2.16. The van der Waals surface area contributed by atoms with Crippen molar-refractivity contribution in [1.29, 1.82) is 0 Å². The lowest BCUT2D eigenvalue weighted by molar-refractivity contribution is 0.200. The van der Waals surface area contributed by atoms with Crippen LogP contribution in [0.25, 0.3) is 0 Å². The zero-order chi connectivity index (χ0) is 13.5. The van der Waals surface area contributed by atoms with Gasteiger partial charge in [0.1, 0.15) is 11.5 Å². The first-order chi connectivity index (χ1) is 9.28. The van der Waals surface area contributed by atoms with E-state index in [0.717, 1.165) is 5.56 Å². The molecule has 5 nitrogen and oxygen atoms in total. The Balaban J connectivity index is 1.83. The van der Waals surface area contributed by atoms with Gasteiger partial charge in [-0.2, -0.15) is 0 Å². The van der Waals surface area contributed by atoms with Crippen LogP contribution >= 0.6 is 0 Å². The minimum Gasteiger partial charge on any atom is -0.497 e. The van der Waals surface area contributed by atoms with E-state index >= 15 is 0 Å². The first-order valence-electron chi connectivity index (χ1n) is 5.76. The molecule has 0 aliphatic carbocycles. The predicted molar refractivity (Wildman–Crippen MR) is 70.1 cm³/mol. The van der Waals surface area contributed by atoms with Gasteiger partial charge >= 0.3 is 6.09 Å². The molecule has 0 saturated heterocycles. The largest absolute Gasteiger partial charge is 0.497 e. The van der Waals surface area contributed by atoms with Crippen LogP contribution in [0.3, 0.4) is 0 Å². The molecule has 1 aromatic carbocycles. The fourth-order valence-electron chi connectivity index (χ4n) is 1.46. The number of amides is 1. The standard InChI is InChI=1S/C14H14N2O3/c1-18-12-2-4-13(5-3-12)19-14(17)16-10-11-6-8-15-9-7-11/h2-9H,10H2,1H3,(H,16,17). The Morgan fingerprint density at radius 2 is 1.74 bits per heavy atom. The summed E-state index contributed by atoms with van der Waals surface area (Å²) < 4.78 is 10.1. The van der Waals surface area contributed by atoms with E-state index in [1.54, 1.807) is 43.8 Å². The lowest BCUT2D eigenvalue weighted by Crippen LogP contribution is -2.26. The number of methoxy groups -OCH3 is 1. The van der Waals surface area contributed by atoms with Gasteiger partial charge in [0.25, 0.3) is 0 Å². The average Bonchev–Trinajstić information content (AvgIpc) is 2.47. The first kappa shape index (κ1) is 12.9. The van der Waals surface area contributed by atoms with Gasteiger partial charge in [0.2, 0.25) is 0 Å². The number of carbonyl (C=O) groups excluding carboxylic acids is 1. The SMILES string of the molecule is COc1ccc(OC(=O)NCc2ccncc2)cc1. The molecule has 0 aliphatic rings. The Morgan fingerprint density at radius 1 is 1.11 bits per heavy atom. The number of rotatable bonds is 4. The summed E-state index contributed by atoms with van der Waals surface area (Å²) in [6, 6.07) is 10.5. The summed E-state index contributed by atoms with van der Waals surface area (Å²) in [6.07, 6.45) is 2.85. The number of pyridine rings is 1. The fourth-order valence-corrected chi connectivity index (χ4v) is 1.46. The smallest absolute Gasteiger partial charge is 0.412 e. The summed E-state index contributed by atoms with van der Waals surface area (Å²) in [7, 11) is 1.58. The minimum atomic E-state index is -0.498. The molecule has 5 heteroatoms. The molecule has 0 radical (unpaired) electrons. The highest BCUT2D eigenvalue weighted by atomic mass is 16.6. The number of ether oxygens (including phenoxy) is 2. The number of benzene rings is 1. The molecular weight excluding hydrogens is 244 g/mol. The number of hydrogen-bond acceptors (Lipinski definition) is 4. The Hall–Kier alpha value is -2.56. The van der Waals surface area contributed by atoms with Crippen LogP contribution in [-0.2, 0) is 6.54 Å². The Bertz CT molecular complexity index is 526. The van der Waals surface area contributed by atoms with E-state index in [1.807, 2.05) is 12.1 Å². The van der Waals surface area contributed by atoms with Crippen LogP contribution in [0.1, 0.15) is 5.56 Å². The van der Waals surface area contributed by atoms with Gasteiger partial charge in [0.05, 0.1) is 7.11 Å². The normalized spacial score (nSPS) is 9.74. The number of hydrogen-bond donors (Lipinski definition) is 1. The van der Waals surface area contributed by atoms with Crippen LogP contribution in [-0.4, -0.2) is 18.2 Å². The molecule has 0 saturated carbocycles. The van der Waals surface area contributed by atoms with Crippen molar-refractivity contribution in [3.63, 3.8) is 0 Å². The van der Waals surface area contributed by atoms with Gasteiger partial charge in [-0.1, -0.05) is 0 Å². The molecule has 1 N–H and O–H groups in total. The molecule has 19 heavy (non-hydrogen) atoms. The van der Waals surface area contributed by atoms with Crippen LogP contribution in [0.2, 0.25) is 0 Å². The quantitative estimate of drug-likeness (QED) is 0.914. The third kappa shape index (κ3) is 3.99. The van der Waals surface area contributed by atoms with Gasteiger partial charge in [0.15, 0.2) is 0 Å². The van der Waals surface area contributed by atoms with E-state index in [9.17, 15) is 4.79 Å². The number of aromatic nitrogens is 1. The molecule has 0 bridgehead atoms. The predicted octanol–water partition coefficient (Wildman–Crippen LogP) is 2.38. The van der Waals surface area contributed by atoms with E-state index in [2.05, 4.69) is 10.3 Å². The Kier molecular flexibility index (Phi) is 4.34. The molecule has 0 aliphatic heterocycles. The van der Waals surface area contributed by atoms with E-state index in [0.29, 0.717) is 18.0 Å². The van der Waals surface area contributed by atoms with Crippen molar-refractivity contribution in [3.05, 3.63) is 54.4 Å². The van der Waals surface area contributed by atoms with Crippen LogP contribution in [0.4, 0.5) is 4.79 Å². The van der Waals surface area contributed by atoms with Crippen molar-refractivity contribution in [2.24, 2.45) is 0 Å². The zero-order valence-corrected chi connectivity index (χ0v) is 10.5. The van der Waals surface area contributed by atoms with Gasteiger partial charge < -0.3 is 14.8 Å². The van der Waals surface area contributed by atoms with E-state index in [4.69, 9.17) is 9.47 Å². The Morgan fingerprint density at radius 3 is 2.37 bits per heavy atom. The third-order valence-corrected chi connectivity index (χ3v) is 2.46. The average molecular weight is 258 g/mol. The maximum atomic E-state index is 11.6. The van der Waals surface area contributed by atoms with Crippen molar-refractivity contribution in [3.8, 4) is 11.5 Å². The molecule has 1 aromatic heterocycles. The molecule has 0 unspecified atom stereocenters. The second-order valence-electron chi connectivity index (χ2n) is 3.77. The van der Waals surface area contributed by atoms with E-state index in [-0.39, 0.29) is 0 Å². The molecule has 2 aromatic rings. The molecular formula is C14H14N2O3. The second-order valence-corrected chi connectivity index (χ2v) is 3.77. The number of carbonyl (C=O) groups is 1. The van der Waals surface area contributed by atoms with Crippen molar-refractivity contribution in [1.82, 2.24) is 10.3 Å². The van der Waals surface area contributed by atoms with Gasteiger partial charge in [-0.25, -0.2) is 4.79 Å². The summed E-state index contributed by atoms with van der Waals surface area (Å²) in [5.41, 5.74) is 0.960. The van der Waals surface area contributed by atoms with Crippen molar-refractivity contribution in [2.75, 3.05) is 7.11 Å². The fraction of sp³-hybridized carbons (Fsp3) is 0.143. The molecule has 0 spiro atoms. The molecule has 0 atom stereocenters. The molecule has 0 fully saturated rings. The van der Waals surface area contributed by atoms with E-state index in [1.165, 1.54) is 0 Å². The highest BCUT2D eigenvalue weighted by Gasteiger charge is 2.04. The van der Waals surface area contributed by atoms with Crippen LogP contribution in [0.15, 0.2) is 48.8 Å². The zero-order valence-electron chi connectivity index (χ0n) is 10.5. The topological polar surface area (TPSA) is 60.5 Å². The summed E-state index contributed by atoms with van der Waals surface area (Å²) in [6.45, 7) is 0.400. The monoisotopic (exact) mass is 258 g/mol. The van der Waals surface area contributed by atoms with Crippen LogP contribution < -0.4 is 14.8 Å². The molecule has 1 amide bonds. The second kappa shape index (κ2) is 6.39. The Labute approximate surface area is 111 Å². The van der Waals surface area contributed by atoms with Crippen molar-refractivity contribution in [2.45, 2.75) is 6.54 Å². The molecule has 1 heterocycles. The third-order valence-electron chi connectivity index (χ3n) is 2.46.